The predicted molar refractivity (Wildman–Crippen MR) is 119 cm³/mol. The highest BCUT2D eigenvalue weighted by atomic mass is 32.1. The van der Waals surface area contributed by atoms with E-state index in [-0.39, 0.29) is 29.7 Å². The van der Waals surface area contributed by atoms with Crippen LogP contribution in [0.15, 0.2) is 30.3 Å². The van der Waals surface area contributed by atoms with Gasteiger partial charge in [-0.1, -0.05) is 30.3 Å². The lowest BCUT2D eigenvalue weighted by Crippen LogP contribution is -2.28. The fourth-order valence-electron chi connectivity index (χ4n) is 3.55. The number of thiazole rings is 1. The van der Waals surface area contributed by atoms with Crippen LogP contribution < -0.4 is 5.32 Å². The zero-order chi connectivity index (χ0) is 22.7. The number of esters is 1. The van der Waals surface area contributed by atoms with Crippen LogP contribution in [0, 0.1) is 13.8 Å². The second-order valence-electron chi connectivity index (χ2n) is 7.33. The lowest BCUT2D eigenvalue weighted by Gasteiger charge is -2.13. The Balaban J connectivity index is 1.79. The predicted octanol–water partition coefficient (Wildman–Crippen LogP) is 4.16. The number of aryl methyl sites for hydroxylation is 1. The van der Waals surface area contributed by atoms with Gasteiger partial charge in [-0.25, -0.2) is 9.78 Å². The molecule has 1 aromatic carbocycles. The first-order valence-corrected chi connectivity index (χ1v) is 10.7. The van der Waals surface area contributed by atoms with Gasteiger partial charge in [0.25, 0.3) is 0 Å². The van der Waals surface area contributed by atoms with Crippen molar-refractivity contribution in [3.8, 4) is 10.6 Å². The molecule has 0 aliphatic heterocycles. The topological polar surface area (TPSA) is 101 Å². The minimum absolute atomic E-state index is 0.0771. The van der Waals surface area contributed by atoms with E-state index in [1.807, 2.05) is 44.2 Å². The lowest BCUT2D eigenvalue weighted by atomic mass is 10.1. The summed E-state index contributed by atoms with van der Waals surface area (Å²) in [5.41, 5.74) is 3.28. The Hall–Kier alpha value is -3.26. The molecule has 162 valence electrons. The van der Waals surface area contributed by atoms with Crippen LogP contribution in [0.4, 0.5) is 0 Å². The SMILES string of the molecule is COC(=O)c1c(CC(=O)NC(C)c2sc(-c3ccccc3)nc2C)[nH]c(C(C)=O)c1C. The van der Waals surface area contributed by atoms with Crippen LogP contribution in [0.25, 0.3) is 10.6 Å². The minimum atomic E-state index is -0.581. The smallest absolute Gasteiger partial charge is 0.339 e. The molecule has 0 saturated carbocycles. The van der Waals surface area contributed by atoms with Gasteiger partial charge in [0, 0.05) is 18.2 Å². The first-order chi connectivity index (χ1) is 14.7. The molecule has 7 nitrogen and oxygen atoms in total. The molecule has 1 unspecified atom stereocenters. The summed E-state index contributed by atoms with van der Waals surface area (Å²) in [5, 5.41) is 3.86. The van der Waals surface area contributed by atoms with Crippen molar-refractivity contribution in [1.82, 2.24) is 15.3 Å². The molecule has 8 heteroatoms. The van der Waals surface area contributed by atoms with Gasteiger partial charge >= 0.3 is 5.97 Å². The number of nitrogens with one attached hydrogen (secondary N) is 2. The molecule has 2 heterocycles. The van der Waals surface area contributed by atoms with Gasteiger partial charge in [0.15, 0.2) is 5.78 Å². The van der Waals surface area contributed by atoms with E-state index in [0.717, 1.165) is 21.1 Å². The Morgan fingerprint density at radius 3 is 2.48 bits per heavy atom. The van der Waals surface area contributed by atoms with E-state index < -0.39 is 5.97 Å². The van der Waals surface area contributed by atoms with E-state index in [2.05, 4.69) is 15.3 Å². The summed E-state index contributed by atoms with van der Waals surface area (Å²) in [6, 6.07) is 9.62. The van der Waals surface area contributed by atoms with Gasteiger partial charge in [-0.15, -0.1) is 11.3 Å². The molecule has 3 aromatic rings. The quantitative estimate of drug-likeness (QED) is 0.425. The third-order valence-corrected chi connectivity index (χ3v) is 6.42. The standard InChI is InChI=1S/C23H25N3O4S/c1-12-19(23(29)30-5)17(26-20(12)15(4)27)11-18(28)24-13(2)21-14(3)25-22(31-21)16-9-7-6-8-10-16/h6-10,13,26H,11H2,1-5H3,(H,24,28). The maximum atomic E-state index is 12.8. The first-order valence-electron chi connectivity index (χ1n) is 9.85. The monoisotopic (exact) mass is 439 g/mol. The first kappa shape index (κ1) is 22.4. The average Bonchev–Trinajstić information content (AvgIpc) is 3.28. The highest BCUT2D eigenvalue weighted by Crippen LogP contribution is 2.31. The molecule has 0 saturated heterocycles. The molecule has 0 bridgehead atoms. The van der Waals surface area contributed by atoms with Crippen molar-refractivity contribution in [2.75, 3.05) is 7.11 Å². The summed E-state index contributed by atoms with van der Waals surface area (Å²) in [6.07, 6.45) is -0.0771. The van der Waals surface area contributed by atoms with Crippen LogP contribution in [-0.4, -0.2) is 34.7 Å². The van der Waals surface area contributed by atoms with Crippen LogP contribution in [-0.2, 0) is 16.0 Å². The molecule has 1 atom stereocenters. The van der Waals surface area contributed by atoms with Gasteiger partial charge in [-0.3, -0.25) is 9.59 Å². The number of hydrogen-bond acceptors (Lipinski definition) is 6. The van der Waals surface area contributed by atoms with Gasteiger partial charge in [0.2, 0.25) is 5.91 Å². The summed E-state index contributed by atoms with van der Waals surface area (Å²) >= 11 is 1.54. The summed E-state index contributed by atoms with van der Waals surface area (Å²) in [5.74, 6) is -1.07. The summed E-state index contributed by atoms with van der Waals surface area (Å²) in [4.78, 5) is 45.3. The zero-order valence-electron chi connectivity index (χ0n) is 18.2. The second-order valence-corrected chi connectivity index (χ2v) is 8.36. The molecule has 3 rings (SSSR count). The van der Waals surface area contributed by atoms with Gasteiger partial charge < -0.3 is 15.0 Å². The normalized spacial score (nSPS) is 11.8. The molecule has 2 aromatic heterocycles. The Morgan fingerprint density at radius 2 is 1.87 bits per heavy atom. The number of ether oxygens (including phenoxy) is 1. The van der Waals surface area contributed by atoms with Crippen molar-refractivity contribution in [1.29, 1.82) is 0 Å². The Kier molecular flexibility index (Phi) is 6.70. The van der Waals surface area contributed by atoms with E-state index in [9.17, 15) is 14.4 Å². The number of amides is 1. The van der Waals surface area contributed by atoms with Gasteiger partial charge in [0.05, 0.1) is 41.4 Å². The lowest BCUT2D eigenvalue weighted by molar-refractivity contribution is -0.121. The zero-order valence-corrected chi connectivity index (χ0v) is 19.0. The third-order valence-electron chi connectivity index (χ3n) is 5.03. The molecule has 0 aliphatic rings. The van der Waals surface area contributed by atoms with E-state index in [0.29, 0.717) is 17.0 Å². The third kappa shape index (κ3) is 4.74. The van der Waals surface area contributed by atoms with Crippen molar-refractivity contribution in [3.05, 3.63) is 63.4 Å². The van der Waals surface area contributed by atoms with Crippen molar-refractivity contribution in [3.63, 3.8) is 0 Å². The number of ketones is 1. The number of Topliss-reactive ketones (excluding diaryl/α,β-unsaturated/α-hetero) is 1. The number of benzene rings is 1. The van der Waals surface area contributed by atoms with Crippen molar-refractivity contribution in [2.24, 2.45) is 0 Å². The highest BCUT2D eigenvalue weighted by molar-refractivity contribution is 7.15. The summed E-state index contributed by atoms with van der Waals surface area (Å²) in [7, 11) is 1.27. The fraction of sp³-hybridized carbons (Fsp3) is 0.304. The Morgan fingerprint density at radius 1 is 1.19 bits per heavy atom. The number of H-pyrrole nitrogens is 1. The number of carbonyl (C=O) groups is 3. The second kappa shape index (κ2) is 9.26. The van der Waals surface area contributed by atoms with Crippen molar-refractivity contribution < 1.29 is 19.1 Å². The van der Waals surface area contributed by atoms with Crippen LogP contribution in [0.3, 0.4) is 0 Å². The summed E-state index contributed by atoms with van der Waals surface area (Å²) in [6.45, 7) is 6.89. The molecular weight excluding hydrogens is 414 g/mol. The molecule has 0 aliphatic carbocycles. The van der Waals surface area contributed by atoms with Gasteiger partial charge in [0.1, 0.15) is 5.01 Å². The van der Waals surface area contributed by atoms with Gasteiger partial charge in [-0.2, -0.15) is 0 Å². The van der Waals surface area contributed by atoms with Gasteiger partial charge in [-0.05, 0) is 26.3 Å². The Labute approximate surface area is 184 Å². The average molecular weight is 440 g/mol. The number of methoxy groups -OCH3 is 1. The molecule has 0 fully saturated rings. The minimum Gasteiger partial charge on any atom is -0.465 e. The molecule has 1 amide bonds. The van der Waals surface area contributed by atoms with Crippen molar-refractivity contribution in [2.45, 2.75) is 40.2 Å². The van der Waals surface area contributed by atoms with Crippen LogP contribution in [0.5, 0.6) is 0 Å². The van der Waals surface area contributed by atoms with E-state index in [1.165, 1.54) is 25.4 Å². The molecule has 31 heavy (non-hydrogen) atoms. The molecule has 0 spiro atoms. The maximum Gasteiger partial charge on any atom is 0.339 e. The molecular formula is C23H25N3O4S. The molecule has 2 N–H and O–H groups in total. The number of aromatic amines is 1. The Bertz CT molecular complexity index is 1130. The van der Waals surface area contributed by atoms with Crippen LogP contribution in [0.2, 0.25) is 0 Å². The largest absolute Gasteiger partial charge is 0.465 e. The van der Waals surface area contributed by atoms with Crippen molar-refractivity contribution >= 4 is 29.0 Å². The van der Waals surface area contributed by atoms with E-state index in [1.54, 1.807) is 6.92 Å². The number of nitrogens with zero attached hydrogens (tertiary/aromatic N) is 1. The van der Waals surface area contributed by atoms with E-state index in [4.69, 9.17) is 4.74 Å². The van der Waals surface area contributed by atoms with Crippen LogP contribution in [0.1, 0.15) is 62.6 Å². The molecule has 0 radical (unpaired) electrons. The van der Waals surface area contributed by atoms with E-state index >= 15 is 0 Å². The van der Waals surface area contributed by atoms with Crippen LogP contribution >= 0.6 is 11.3 Å². The summed E-state index contributed by atoms with van der Waals surface area (Å²) < 4.78 is 4.83. The number of aromatic nitrogens is 2. The number of rotatable bonds is 7. The number of carbonyl (C=O) groups excluding carboxylic acids is 3. The number of hydrogen-bond donors (Lipinski definition) is 2. The maximum absolute atomic E-state index is 12.8. The highest BCUT2D eigenvalue weighted by Gasteiger charge is 2.25. The fourth-order valence-corrected chi connectivity index (χ4v) is 4.63.